The zero-order valence-corrected chi connectivity index (χ0v) is 17.8. The van der Waals surface area contributed by atoms with Gasteiger partial charge in [-0.2, -0.15) is 13.2 Å². The van der Waals surface area contributed by atoms with Crippen LogP contribution in [0.25, 0.3) is 21.7 Å². The zero-order chi connectivity index (χ0) is 24.2. The lowest BCUT2D eigenvalue weighted by molar-refractivity contribution is -0.192. The molecule has 4 rings (SSSR count). The Labute approximate surface area is 186 Å². The minimum Gasteiger partial charge on any atom is -0.492 e. The van der Waals surface area contributed by atoms with Crippen LogP contribution >= 0.6 is 0 Å². The molecule has 33 heavy (non-hydrogen) atoms. The molecule has 7 nitrogen and oxygen atoms in total. The van der Waals surface area contributed by atoms with E-state index in [4.69, 9.17) is 20.4 Å². The van der Waals surface area contributed by atoms with E-state index in [2.05, 4.69) is 0 Å². The van der Waals surface area contributed by atoms with Crippen LogP contribution in [0.4, 0.5) is 13.2 Å². The van der Waals surface area contributed by atoms with Gasteiger partial charge in [0.15, 0.2) is 0 Å². The molecule has 11 heteroatoms. The van der Waals surface area contributed by atoms with Crippen molar-refractivity contribution in [2.45, 2.75) is 11.1 Å². The summed E-state index contributed by atoms with van der Waals surface area (Å²) in [6.45, 7) is 0.770. The normalized spacial score (nSPS) is 11.8. The van der Waals surface area contributed by atoms with Gasteiger partial charge >= 0.3 is 12.1 Å². The third-order valence-corrected chi connectivity index (χ3v) is 6.31. The number of nitrogens with zero attached hydrogens (tertiary/aromatic N) is 1. The van der Waals surface area contributed by atoms with E-state index >= 15 is 0 Å². The van der Waals surface area contributed by atoms with Gasteiger partial charge in [0.05, 0.1) is 10.4 Å². The summed E-state index contributed by atoms with van der Waals surface area (Å²) in [6.07, 6.45) is -3.52. The molecule has 0 saturated carbocycles. The Morgan fingerprint density at radius 3 is 2.27 bits per heavy atom. The molecule has 0 aliphatic rings. The Hall–Kier alpha value is -3.57. The van der Waals surface area contributed by atoms with Crippen LogP contribution in [0.15, 0.2) is 77.8 Å². The van der Waals surface area contributed by atoms with Crippen LogP contribution in [0.5, 0.6) is 5.75 Å². The van der Waals surface area contributed by atoms with Crippen molar-refractivity contribution in [3.63, 3.8) is 0 Å². The number of carboxylic acid groups (broad SMARTS) is 1. The van der Waals surface area contributed by atoms with E-state index < -0.39 is 22.2 Å². The van der Waals surface area contributed by atoms with Gasteiger partial charge in [0.25, 0.3) is 10.0 Å². The summed E-state index contributed by atoms with van der Waals surface area (Å²) < 4.78 is 65.4. The Kier molecular flexibility index (Phi) is 6.94. The van der Waals surface area contributed by atoms with Gasteiger partial charge in [-0.3, -0.25) is 0 Å². The van der Waals surface area contributed by atoms with Crippen LogP contribution in [-0.2, 0) is 14.8 Å². The van der Waals surface area contributed by atoms with E-state index in [1.165, 1.54) is 3.97 Å². The molecule has 0 atom stereocenters. The van der Waals surface area contributed by atoms with E-state index in [-0.39, 0.29) is 4.90 Å². The first-order valence-corrected chi connectivity index (χ1v) is 11.0. The maximum absolute atomic E-state index is 13.4. The van der Waals surface area contributed by atoms with E-state index in [9.17, 15) is 21.6 Å². The van der Waals surface area contributed by atoms with Crippen molar-refractivity contribution in [1.29, 1.82) is 0 Å². The van der Waals surface area contributed by atoms with Crippen LogP contribution in [0, 0.1) is 0 Å². The number of carboxylic acids is 1. The molecule has 0 unspecified atom stereocenters. The highest BCUT2D eigenvalue weighted by Gasteiger charge is 2.38. The Morgan fingerprint density at radius 1 is 0.970 bits per heavy atom. The van der Waals surface area contributed by atoms with Gasteiger partial charge < -0.3 is 15.6 Å². The molecule has 4 aromatic rings. The van der Waals surface area contributed by atoms with Crippen molar-refractivity contribution in [3.05, 3.63) is 72.9 Å². The molecule has 1 aromatic heterocycles. The number of fused-ring (bicyclic) bond motifs is 2. The number of hydrogen-bond acceptors (Lipinski definition) is 5. The van der Waals surface area contributed by atoms with Gasteiger partial charge in [0.1, 0.15) is 12.4 Å². The predicted octanol–water partition coefficient (Wildman–Crippen LogP) is 4.00. The number of ether oxygens (including phenoxy) is 1. The molecule has 3 aromatic carbocycles. The van der Waals surface area contributed by atoms with E-state index in [1.54, 1.807) is 36.5 Å². The fourth-order valence-electron chi connectivity index (χ4n) is 3.15. The maximum atomic E-state index is 13.4. The van der Waals surface area contributed by atoms with Crippen molar-refractivity contribution < 1.29 is 36.2 Å². The van der Waals surface area contributed by atoms with Gasteiger partial charge in [-0.1, -0.05) is 42.5 Å². The highest BCUT2D eigenvalue weighted by molar-refractivity contribution is 7.90. The minimum atomic E-state index is -5.08. The van der Waals surface area contributed by atoms with Crippen LogP contribution in [-0.4, -0.2) is 42.8 Å². The monoisotopic (exact) mass is 480 g/mol. The summed E-state index contributed by atoms with van der Waals surface area (Å²) in [6, 6.07) is 19.9. The molecule has 0 saturated heterocycles. The molecule has 3 N–H and O–H groups in total. The van der Waals surface area contributed by atoms with Crippen molar-refractivity contribution in [1.82, 2.24) is 3.97 Å². The topological polar surface area (TPSA) is 112 Å². The molecule has 0 amide bonds. The smallest absolute Gasteiger partial charge is 0.490 e. The van der Waals surface area contributed by atoms with Crippen molar-refractivity contribution >= 4 is 37.7 Å². The predicted molar refractivity (Wildman–Crippen MR) is 117 cm³/mol. The lowest BCUT2D eigenvalue weighted by atomic mass is 10.1. The summed E-state index contributed by atoms with van der Waals surface area (Å²) in [5, 5.41) is 9.45. The number of rotatable bonds is 5. The number of nitrogens with two attached hydrogens (primary N) is 1. The highest BCUT2D eigenvalue weighted by Crippen LogP contribution is 2.31. The lowest BCUT2D eigenvalue weighted by Crippen LogP contribution is -2.21. The number of alkyl halides is 3. The average molecular weight is 480 g/mol. The molecule has 0 bridgehead atoms. The SMILES string of the molecule is NCCOc1cccc2c1ccn2S(=O)(=O)c1cccc2ccccc12.O=C(O)C(F)(F)F. The summed E-state index contributed by atoms with van der Waals surface area (Å²) in [4.78, 5) is 9.17. The number of aromatic nitrogens is 1. The molecule has 0 radical (unpaired) electrons. The van der Waals surface area contributed by atoms with Crippen LogP contribution < -0.4 is 10.5 Å². The maximum Gasteiger partial charge on any atom is 0.490 e. The summed E-state index contributed by atoms with van der Waals surface area (Å²) in [5.41, 5.74) is 6.07. The number of carbonyl (C=O) groups is 1. The molecule has 0 aliphatic heterocycles. The van der Waals surface area contributed by atoms with Crippen LogP contribution in [0.3, 0.4) is 0 Å². The summed E-state index contributed by atoms with van der Waals surface area (Å²) in [7, 11) is -3.75. The van der Waals surface area contributed by atoms with Crippen molar-refractivity contribution in [3.8, 4) is 5.75 Å². The standard InChI is InChI=1S/C20H18N2O3S.C2HF3O2/c21-12-14-25-19-9-4-8-18-17(19)11-13-22(18)26(23,24)20-10-3-6-15-5-1-2-7-16(15)20;3-2(4,5)1(6)7/h1-11,13H,12,14,21H2;(H,6,7). The van der Waals surface area contributed by atoms with Gasteiger partial charge in [-0.05, 0) is 29.7 Å². The second-order valence-corrected chi connectivity index (χ2v) is 8.51. The van der Waals surface area contributed by atoms with Crippen molar-refractivity contribution in [2.24, 2.45) is 5.73 Å². The number of halogens is 3. The van der Waals surface area contributed by atoms with Crippen molar-refractivity contribution in [2.75, 3.05) is 13.2 Å². The largest absolute Gasteiger partial charge is 0.492 e. The van der Waals surface area contributed by atoms with E-state index in [0.29, 0.717) is 29.8 Å². The van der Waals surface area contributed by atoms with E-state index in [1.807, 2.05) is 36.4 Å². The first kappa shape index (κ1) is 24.1. The first-order valence-electron chi connectivity index (χ1n) is 9.53. The minimum absolute atomic E-state index is 0.279. The number of hydrogen-bond donors (Lipinski definition) is 2. The third kappa shape index (κ3) is 5.10. The Balaban J connectivity index is 0.000000383. The third-order valence-electron chi connectivity index (χ3n) is 4.56. The first-order chi connectivity index (χ1) is 15.6. The number of aliphatic carboxylic acids is 1. The molecular weight excluding hydrogens is 461 g/mol. The van der Waals surface area contributed by atoms with E-state index in [0.717, 1.165) is 10.8 Å². The average Bonchev–Trinajstić information content (AvgIpc) is 3.23. The Morgan fingerprint density at radius 2 is 1.61 bits per heavy atom. The van der Waals surface area contributed by atoms with Gasteiger partial charge in [0, 0.05) is 23.5 Å². The summed E-state index contributed by atoms with van der Waals surface area (Å²) in [5.74, 6) is -2.13. The molecule has 0 spiro atoms. The van der Waals surface area contributed by atoms with Crippen LogP contribution in [0.1, 0.15) is 0 Å². The van der Waals surface area contributed by atoms with Crippen LogP contribution in [0.2, 0.25) is 0 Å². The van der Waals surface area contributed by atoms with Gasteiger partial charge in [0.2, 0.25) is 0 Å². The fraction of sp³-hybridized carbons (Fsp3) is 0.136. The van der Waals surface area contributed by atoms with Gasteiger partial charge in [-0.25, -0.2) is 17.2 Å². The molecule has 1 heterocycles. The van der Waals surface area contributed by atoms with Gasteiger partial charge in [-0.15, -0.1) is 0 Å². The molecule has 0 aliphatic carbocycles. The molecular formula is C22H19F3N2O5S. The molecule has 0 fully saturated rings. The highest BCUT2D eigenvalue weighted by atomic mass is 32.2. The second-order valence-electron chi connectivity index (χ2n) is 6.72. The zero-order valence-electron chi connectivity index (χ0n) is 17.0. The quantitative estimate of drug-likeness (QED) is 0.447. The summed E-state index contributed by atoms with van der Waals surface area (Å²) >= 11 is 0. The lowest BCUT2D eigenvalue weighted by Gasteiger charge is -2.11. The molecule has 174 valence electrons. The fourth-order valence-corrected chi connectivity index (χ4v) is 4.71. The second kappa shape index (κ2) is 9.51. The Bertz CT molecular complexity index is 1390. The number of benzene rings is 3.